The van der Waals surface area contributed by atoms with E-state index in [1.165, 1.54) is 0 Å². The smallest absolute Gasteiger partial charge is 0.256 e. The zero-order valence-corrected chi connectivity index (χ0v) is 37.8. The van der Waals surface area contributed by atoms with Crippen LogP contribution in [-0.4, -0.2) is 41.2 Å². The molecule has 3 aromatic heterocycles. The van der Waals surface area contributed by atoms with Crippen LogP contribution in [0.1, 0.15) is 5.56 Å². The highest BCUT2D eigenvalue weighted by molar-refractivity contribution is 6.99. The first-order valence-corrected chi connectivity index (χ1v) is 23.5. The minimum Gasteiger partial charge on any atom is -0.458 e. The summed E-state index contributed by atoms with van der Waals surface area (Å²) in [6.07, 6.45) is 0. The van der Waals surface area contributed by atoms with Gasteiger partial charge < -0.3 is 9.30 Å². The Morgan fingerprint density at radius 1 is 0.357 bits per heavy atom. The van der Waals surface area contributed by atoms with E-state index in [1.54, 1.807) is 0 Å². The van der Waals surface area contributed by atoms with Crippen molar-refractivity contribution in [3.05, 3.63) is 218 Å². The molecule has 9 heteroatoms. The van der Waals surface area contributed by atoms with E-state index in [4.69, 9.17) is 34.6 Å². The fourth-order valence-corrected chi connectivity index (χ4v) is 10.4. The number of benzene rings is 9. The highest BCUT2D eigenvalue weighted by Gasteiger charge is 2.41. The maximum Gasteiger partial charge on any atom is 0.256 e. The molecule has 12 aromatic rings. The van der Waals surface area contributed by atoms with Crippen LogP contribution in [0.2, 0.25) is 0 Å². The average molecular weight is 896 g/mol. The van der Waals surface area contributed by atoms with Crippen molar-refractivity contribution in [2.75, 3.05) is 0 Å². The second-order valence-electron chi connectivity index (χ2n) is 18.0. The standard InChI is InChI=1S/C61H38BN7O/c1-37-31-51-54-53(32-37)70-52-30-28-43(38-17-7-2-8-18-38)35-48(52)62(54)49-36-45(61-67-58(41-23-13-5-14-24-41)64-59(68-61)42-25-15-6-16-26-42)34-47-46-33-44(27-29-50(46)69(51)55(47)49)60-65-56(39-19-9-3-10-20-39)63-57(66-60)40-21-11-4-12-22-40/h2-36H,1H3. The first-order chi connectivity index (χ1) is 34.6. The predicted octanol–water partition coefficient (Wildman–Crippen LogP) is 12.1. The summed E-state index contributed by atoms with van der Waals surface area (Å²) in [6.45, 7) is 1.97. The van der Waals surface area contributed by atoms with Crippen LogP contribution in [0, 0.1) is 6.92 Å². The van der Waals surface area contributed by atoms with E-state index in [0.717, 1.165) is 105 Å². The molecule has 0 aliphatic carbocycles. The maximum absolute atomic E-state index is 6.94. The summed E-state index contributed by atoms with van der Waals surface area (Å²) in [5, 5.41) is 2.11. The van der Waals surface area contributed by atoms with Gasteiger partial charge in [0.2, 0.25) is 0 Å². The number of nitrogens with zero attached hydrogens (tertiary/aromatic N) is 7. The Morgan fingerprint density at radius 2 is 0.800 bits per heavy atom. The van der Waals surface area contributed by atoms with Gasteiger partial charge in [-0.05, 0) is 82.5 Å². The van der Waals surface area contributed by atoms with Crippen LogP contribution >= 0.6 is 0 Å². The summed E-state index contributed by atoms with van der Waals surface area (Å²) in [5.74, 6) is 5.30. The average Bonchev–Trinajstić information content (AvgIpc) is 3.76. The molecule has 0 saturated carbocycles. The van der Waals surface area contributed by atoms with Gasteiger partial charge in [-0.1, -0.05) is 170 Å². The minimum atomic E-state index is -0.175. The van der Waals surface area contributed by atoms with Crippen molar-refractivity contribution < 1.29 is 4.74 Å². The van der Waals surface area contributed by atoms with Crippen molar-refractivity contribution in [3.8, 4) is 96.6 Å². The summed E-state index contributed by atoms with van der Waals surface area (Å²) < 4.78 is 9.38. The van der Waals surface area contributed by atoms with Crippen LogP contribution in [-0.2, 0) is 0 Å². The van der Waals surface area contributed by atoms with Crippen molar-refractivity contribution in [2.45, 2.75) is 6.92 Å². The van der Waals surface area contributed by atoms with Gasteiger partial charge in [-0.25, -0.2) is 29.9 Å². The van der Waals surface area contributed by atoms with E-state index >= 15 is 0 Å². The third-order valence-corrected chi connectivity index (χ3v) is 13.6. The van der Waals surface area contributed by atoms with Crippen molar-refractivity contribution in [1.82, 2.24) is 34.5 Å². The van der Waals surface area contributed by atoms with Crippen LogP contribution < -0.4 is 21.1 Å². The zero-order valence-electron chi connectivity index (χ0n) is 37.8. The molecule has 0 saturated heterocycles. The Hall–Kier alpha value is -9.34. The Morgan fingerprint density at radius 3 is 1.33 bits per heavy atom. The normalized spacial score (nSPS) is 12.2. The van der Waals surface area contributed by atoms with E-state index in [0.29, 0.717) is 34.9 Å². The molecule has 2 aliphatic heterocycles. The summed E-state index contributed by atoms with van der Waals surface area (Å²) in [6, 6.07) is 73.3. The van der Waals surface area contributed by atoms with Gasteiger partial charge in [0.1, 0.15) is 11.5 Å². The molecule has 8 nitrogen and oxygen atoms in total. The Kier molecular flexibility index (Phi) is 9.04. The number of ether oxygens (including phenoxy) is 1. The molecule has 2 aliphatic rings. The zero-order chi connectivity index (χ0) is 46.3. The molecule has 0 fully saturated rings. The molecule has 70 heavy (non-hydrogen) atoms. The molecule has 326 valence electrons. The quantitative estimate of drug-likeness (QED) is 0.147. The first kappa shape index (κ1) is 39.8. The van der Waals surface area contributed by atoms with Crippen molar-refractivity contribution in [3.63, 3.8) is 0 Å². The first-order valence-electron chi connectivity index (χ1n) is 23.5. The Labute approximate surface area is 403 Å². The van der Waals surface area contributed by atoms with Crippen molar-refractivity contribution in [1.29, 1.82) is 0 Å². The van der Waals surface area contributed by atoms with E-state index < -0.39 is 0 Å². The van der Waals surface area contributed by atoms with E-state index in [2.05, 4.69) is 102 Å². The highest BCUT2D eigenvalue weighted by Crippen LogP contribution is 2.41. The fraction of sp³-hybridized carbons (Fsp3) is 0.0164. The number of hydrogen-bond acceptors (Lipinski definition) is 7. The van der Waals surface area contributed by atoms with Crippen molar-refractivity contribution in [2.24, 2.45) is 0 Å². The number of fused-ring (bicyclic) bond motifs is 7. The lowest BCUT2D eigenvalue weighted by molar-refractivity contribution is 0.487. The van der Waals surface area contributed by atoms with Crippen LogP contribution in [0.25, 0.3) is 107 Å². The molecule has 14 rings (SSSR count). The molecule has 0 spiro atoms. The van der Waals surface area contributed by atoms with Crippen LogP contribution in [0.15, 0.2) is 212 Å². The lowest BCUT2D eigenvalue weighted by Crippen LogP contribution is -2.58. The van der Waals surface area contributed by atoms with Gasteiger partial charge in [0.05, 0.1) is 5.52 Å². The lowest BCUT2D eigenvalue weighted by atomic mass is 9.34. The van der Waals surface area contributed by atoms with Gasteiger partial charge in [-0.15, -0.1) is 0 Å². The number of hydrogen-bond donors (Lipinski definition) is 0. The molecular weight excluding hydrogens is 858 g/mol. The van der Waals surface area contributed by atoms with Gasteiger partial charge in [-0.2, -0.15) is 0 Å². The SMILES string of the molecule is Cc1cc2c3c(c1)-n1c4ccc(-c5nc(-c6ccccc6)nc(-c6ccccc6)n5)cc4c4cc(-c5nc(-c6ccccc6)nc(-c6ccccc6)n5)cc(c41)B3c1cc(-c3ccccc3)ccc1O2. The number of aryl methyl sites for hydroxylation is 1. The lowest BCUT2D eigenvalue weighted by Gasteiger charge is -2.34. The Balaban J connectivity index is 1.07. The second kappa shape index (κ2) is 15.9. The minimum absolute atomic E-state index is 0.175. The van der Waals surface area contributed by atoms with Crippen molar-refractivity contribution >= 4 is 44.9 Å². The van der Waals surface area contributed by atoms with Crippen LogP contribution in [0.5, 0.6) is 11.5 Å². The van der Waals surface area contributed by atoms with E-state index in [9.17, 15) is 0 Å². The number of rotatable bonds is 7. The largest absolute Gasteiger partial charge is 0.458 e. The predicted molar refractivity (Wildman–Crippen MR) is 282 cm³/mol. The van der Waals surface area contributed by atoms with E-state index in [-0.39, 0.29) is 6.71 Å². The molecule has 0 bridgehead atoms. The Bertz CT molecular complexity index is 3920. The topological polar surface area (TPSA) is 91.5 Å². The molecule has 9 aromatic carbocycles. The van der Waals surface area contributed by atoms with E-state index in [1.807, 2.05) is 121 Å². The van der Waals surface area contributed by atoms with Gasteiger partial charge in [0, 0.05) is 55.4 Å². The van der Waals surface area contributed by atoms with Gasteiger partial charge >= 0.3 is 0 Å². The number of aromatic nitrogens is 7. The molecular formula is C61H38BN7O. The van der Waals surface area contributed by atoms with Crippen LogP contribution in [0.3, 0.4) is 0 Å². The monoisotopic (exact) mass is 895 g/mol. The van der Waals surface area contributed by atoms with Gasteiger partial charge in [0.15, 0.2) is 34.9 Å². The molecule has 0 amide bonds. The summed E-state index contributed by atoms with van der Waals surface area (Å²) in [7, 11) is 0. The molecule has 0 N–H and O–H groups in total. The third-order valence-electron chi connectivity index (χ3n) is 13.6. The fourth-order valence-electron chi connectivity index (χ4n) is 10.4. The molecule has 0 unspecified atom stereocenters. The summed E-state index contributed by atoms with van der Waals surface area (Å²) in [4.78, 5) is 31.0. The van der Waals surface area contributed by atoms with Crippen LogP contribution in [0.4, 0.5) is 0 Å². The summed E-state index contributed by atoms with van der Waals surface area (Å²) >= 11 is 0. The second-order valence-corrected chi connectivity index (χ2v) is 18.0. The molecule has 0 radical (unpaired) electrons. The highest BCUT2D eigenvalue weighted by atomic mass is 16.5. The molecule has 0 atom stereocenters. The molecule has 5 heterocycles. The summed E-state index contributed by atoms with van der Waals surface area (Å²) in [5.41, 5.74) is 15.4. The maximum atomic E-state index is 6.94. The van der Waals surface area contributed by atoms with Gasteiger partial charge in [0.25, 0.3) is 6.71 Å². The third kappa shape index (κ3) is 6.54. The van der Waals surface area contributed by atoms with Gasteiger partial charge in [-0.3, -0.25) is 0 Å².